The Labute approximate surface area is 122 Å². The summed E-state index contributed by atoms with van der Waals surface area (Å²) in [6.45, 7) is 6.94. The lowest BCUT2D eigenvalue weighted by Gasteiger charge is -2.04. The molecule has 0 aromatic heterocycles. The summed E-state index contributed by atoms with van der Waals surface area (Å²) < 4.78 is 0. The molecule has 0 aromatic rings. The third-order valence-corrected chi connectivity index (χ3v) is 3.63. The van der Waals surface area contributed by atoms with Gasteiger partial charge in [-0.1, -0.05) is 84.5 Å². The van der Waals surface area contributed by atoms with E-state index in [4.69, 9.17) is 0 Å². The minimum absolute atomic E-state index is 0. The summed E-state index contributed by atoms with van der Waals surface area (Å²) in [7, 11) is 0. The van der Waals surface area contributed by atoms with Crippen molar-refractivity contribution in [2.24, 2.45) is 0 Å². The van der Waals surface area contributed by atoms with Crippen molar-refractivity contribution in [1.29, 1.82) is 0 Å². The van der Waals surface area contributed by atoms with E-state index in [0.717, 1.165) is 0 Å². The lowest BCUT2D eigenvalue weighted by molar-refractivity contribution is 0.535. The first-order valence-electron chi connectivity index (χ1n) is 8.62. The molecule has 0 saturated heterocycles. The predicted molar refractivity (Wildman–Crippen MR) is 89.3 cm³/mol. The molecule has 0 saturated carbocycles. The van der Waals surface area contributed by atoms with Gasteiger partial charge in [0.1, 0.15) is 0 Å². The van der Waals surface area contributed by atoms with Crippen LogP contribution < -0.4 is 11.5 Å². The van der Waals surface area contributed by atoms with E-state index in [1.807, 2.05) is 0 Å². The van der Waals surface area contributed by atoms with Crippen molar-refractivity contribution in [1.82, 2.24) is 11.5 Å². The molecule has 0 aliphatic carbocycles. The molecular formula is C17H40N2. The van der Waals surface area contributed by atoms with Gasteiger partial charge in [0.05, 0.1) is 0 Å². The maximum absolute atomic E-state index is 3.47. The fourth-order valence-electron chi connectivity index (χ4n) is 2.39. The molecule has 0 aromatic carbocycles. The lowest BCUT2D eigenvalue weighted by Crippen LogP contribution is -2.15. The minimum Gasteiger partial charge on any atom is -0.344 e. The van der Waals surface area contributed by atoms with Crippen LogP contribution in [0.2, 0.25) is 0 Å². The summed E-state index contributed by atoms with van der Waals surface area (Å²) in [6.07, 6.45) is 18.6. The molecule has 0 rings (SSSR count). The average Bonchev–Trinajstić information content (AvgIpc) is 2.39. The Morgan fingerprint density at radius 1 is 0.474 bits per heavy atom. The second kappa shape index (κ2) is 20.2. The Morgan fingerprint density at radius 2 is 0.895 bits per heavy atom. The number of hydrogen-bond donors (Lipinski definition) is 2. The standard InChI is InChI=1S/C17H37N.H3N/c1-3-5-6-7-8-9-10-11-12-13-14-15-17-18-16-4-2;/h18H,3-17H2,1-2H3;1H3. The summed E-state index contributed by atoms with van der Waals surface area (Å²) >= 11 is 0. The molecule has 0 unspecified atom stereocenters. The molecule has 0 heterocycles. The van der Waals surface area contributed by atoms with Crippen LogP contribution in [0.3, 0.4) is 0 Å². The molecule has 0 aliphatic heterocycles. The molecule has 0 radical (unpaired) electrons. The van der Waals surface area contributed by atoms with Gasteiger partial charge in [-0.05, 0) is 25.9 Å². The molecule has 0 spiro atoms. The summed E-state index contributed by atoms with van der Waals surface area (Å²) in [5, 5.41) is 3.47. The molecule has 2 heteroatoms. The second-order valence-electron chi connectivity index (χ2n) is 5.64. The second-order valence-corrected chi connectivity index (χ2v) is 5.64. The van der Waals surface area contributed by atoms with E-state index in [2.05, 4.69) is 19.2 Å². The number of rotatable bonds is 15. The van der Waals surface area contributed by atoms with E-state index in [0.29, 0.717) is 0 Å². The highest BCUT2D eigenvalue weighted by Crippen LogP contribution is 2.11. The Morgan fingerprint density at radius 3 is 1.32 bits per heavy atom. The van der Waals surface area contributed by atoms with Crippen LogP contribution in [0.5, 0.6) is 0 Å². The average molecular weight is 273 g/mol. The normalized spacial score (nSPS) is 10.4. The Bertz CT molecular complexity index is 121. The van der Waals surface area contributed by atoms with E-state index in [-0.39, 0.29) is 6.15 Å². The van der Waals surface area contributed by atoms with Crippen molar-refractivity contribution in [2.75, 3.05) is 13.1 Å². The largest absolute Gasteiger partial charge is 0.344 e. The van der Waals surface area contributed by atoms with Crippen LogP contribution in [0.15, 0.2) is 0 Å². The van der Waals surface area contributed by atoms with Gasteiger partial charge in [0.25, 0.3) is 0 Å². The molecule has 0 aliphatic rings. The predicted octanol–water partition coefficient (Wildman–Crippen LogP) is 5.85. The van der Waals surface area contributed by atoms with Gasteiger partial charge in [-0.3, -0.25) is 0 Å². The van der Waals surface area contributed by atoms with Crippen LogP contribution in [0.25, 0.3) is 0 Å². The van der Waals surface area contributed by atoms with Crippen molar-refractivity contribution in [3.05, 3.63) is 0 Å². The van der Waals surface area contributed by atoms with Crippen LogP contribution in [-0.4, -0.2) is 13.1 Å². The smallest absolute Gasteiger partial charge is 0.00489 e. The summed E-state index contributed by atoms with van der Waals surface area (Å²) in [4.78, 5) is 0. The number of nitrogens with one attached hydrogen (secondary N) is 1. The molecule has 4 N–H and O–H groups in total. The highest BCUT2D eigenvalue weighted by atomic mass is 14.8. The van der Waals surface area contributed by atoms with Crippen LogP contribution >= 0.6 is 0 Å². The maximum Gasteiger partial charge on any atom is -0.00489 e. The summed E-state index contributed by atoms with van der Waals surface area (Å²) in [6, 6.07) is 0. The highest BCUT2D eigenvalue weighted by molar-refractivity contribution is 4.50. The number of hydrogen-bond acceptors (Lipinski definition) is 2. The Balaban J connectivity index is 0. The van der Waals surface area contributed by atoms with Crippen LogP contribution in [0, 0.1) is 0 Å². The molecule has 0 atom stereocenters. The third-order valence-electron chi connectivity index (χ3n) is 3.63. The third kappa shape index (κ3) is 20.4. The van der Waals surface area contributed by atoms with Crippen LogP contribution in [-0.2, 0) is 0 Å². The van der Waals surface area contributed by atoms with Crippen LogP contribution in [0.4, 0.5) is 0 Å². The van der Waals surface area contributed by atoms with Gasteiger partial charge in [0.2, 0.25) is 0 Å². The summed E-state index contributed by atoms with van der Waals surface area (Å²) in [5.74, 6) is 0. The Hall–Kier alpha value is -0.0800. The topological polar surface area (TPSA) is 47.0 Å². The zero-order valence-corrected chi connectivity index (χ0v) is 13.8. The Kier molecular flexibility index (Phi) is 22.6. The van der Waals surface area contributed by atoms with E-state index < -0.39 is 0 Å². The lowest BCUT2D eigenvalue weighted by atomic mass is 10.1. The molecule has 0 amide bonds. The van der Waals surface area contributed by atoms with Crippen molar-refractivity contribution in [2.45, 2.75) is 97.3 Å². The first kappa shape index (κ1) is 21.2. The zero-order chi connectivity index (χ0) is 13.3. The van der Waals surface area contributed by atoms with Crippen molar-refractivity contribution in [3.8, 4) is 0 Å². The van der Waals surface area contributed by atoms with Gasteiger partial charge in [-0.2, -0.15) is 0 Å². The van der Waals surface area contributed by atoms with Gasteiger partial charge < -0.3 is 11.5 Å². The van der Waals surface area contributed by atoms with Crippen molar-refractivity contribution < 1.29 is 0 Å². The minimum atomic E-state index is 0. The van der Waals surface area contributed by atoms with E-state index >= 15 is 0 Å². The number of unbranched alkanes of at least 4 members (excludes halogenated alkanes) is 11. The monoisotopic (exact) mass is 272 g/mol. The summed E-state index contributed by atoms with van der Waals surface area (Å²) in [5.41, 5.74) is 0. The highest BCUT2D eigenvalue weighted by Gasteiger charge is 1.93. The quantitative estimate of drug-likeness (QED) is 0.367. The molecule has 0 fully saturated rings. The fourth-order valence-corrected chi connectivity index (χ4v) is 2.39. The van der Waals surface area contributed by atoms with E-state index in [1.54, 1.807) is 0 Å². The SMILES string of the molecule is CCCCCCCCCCCCCCNCCC.N. The van der Waals surface area contributed by atoms with Crippen LogP contribution in [0.1, 0.15) is 97.3 Å². The molecule has 2 nitrogen and oxygen atoms in total. The van der Waals surface area contributed by atoms with Gasteiger partial charge >= 0.3 is 0 Å². The van der Waals surface area contributed by atoms with Gasteiger partial charge in [0.15, 0.2) is 0 Å². The van der Waals surface area contributed by atoms with E-state index in [1.165, 1.54) is 96.6 Å². The van der Waals surface area contributed by atoms with Gasteiger partial charge in [-0.25, -0.2) is 0 Å². The first-order valence-corrected chi connectivity index (χ1v) is 8.62. The molecular weight excluding hydrogens is 232 g/mol. The zero-order valence-electron chi connectivity index (χ0n) is 13.8. The van der Waals surface area contributed by atoms with Crippen molar-refractivity contribution in [3.63, 3.8) is 0 Å². The van der Waals surface area contributed by atoms with E-state index in [9.17, 15) is 0 Å². The molecule has 19 heavy (non-hydrogen) atoms. The molecule has 118 valence electrons. The van der Waals surface area contributed by atoms with Crippen molar-refractivity contribution >= 4 is 0 Å². The fraction of sp³-hybridized carbons (Fsp3) is 1.00. The van der Waals surface area contributed by atoms with Gasteiger partial charge in [0, 0.05) is 0 Å². The first-order chi connectivity index (χ1) is 8.91. The van der Waals surface area contributed by atoms with Gasteiger partial charge in [-0.15, -0.1) is 0 Å². The maximum atomic E-state index is 3.47. The molecule has 0 bridgehead atoms.